The molecule has 0 bridgehead atoms. The molecule has 0 spiro atoms. The summed E-state index contributed by atoms with van der Waals surface area (Å²) in [6, 6.07) is 4.70. The first-order valence-corrected chi connectivity index (χ1v) is 15.4. The van der Waals surface area contributed by atoms with Crippen LogP contribution in [0.3, 0.4) is 0 Å². The minimum absolute atomic E-state index is 0.470. The van der Waals surface area contributed by atoms with E-state index < -0.39 is 0 Å². The number of piperazine rings is 1. The zero-order valence-electron chi connectivity index (χ0n) is 24.8. The molecule has 4 heterocycles. The molecule has 0 amide bonds. The molecule has 1 saturated carbocycles. The zero-order valence-corrected chi connectivity index (χ0v) is 24.8. The quantitative estimate of drug-likeness (QED) is 0.277. The van der Waals surface area contributed by atoms with Crippen molar-refractivity contribution in [2.45, 2.75) is 70.9 Å². The summed E-state index contributed by atoms with van der Waals surface area (Å²) in [6.07, 6.45) is 13.6. The summed E-state index contributed by atoms with van der Waals surface area (Å²) in [4.78, 5) is 26.6. The van der Waals surface area contributed by atoms with Gasteiger partial charge in [0, 0.05) is 45.3 Å². The van der Waals surface area contributed by atoms with E-state index in [-0.39, 0.29) is 0 Å². The summed E-state index contributed by atoms with van der Waals surface area (Å²) in [5.41, 5.74) is 3.75. The average Bonchev–Trinajstić information content (AvgIpc) is 3.64. The lowest BCUT2D eigenvalue weighted by atomic mass is 10.2. The van der Waals surface area contributed by atoms with Crippen LogP contribution in [-0.4, -0.2) is 99.1 Å². The summed E-state index contributed by atoms with van der Waals surface area (Å²) in [7, 11) is 4.27. The number of hydrogen-bond donors (Lipinski definition) is 2. The van der Waals surface area contributed by atoms with Crippen molar-refractivity contribution in [3.63, 3.8) is 0 Å². The van der Waals surface area contributed by atoms with E-state index >= 15 is 0 Å². The fourth-order valence-electron chi connectivity index (χ4n) is 5.86. The molecule has 218 valence electrons. The van der Waals surface area contributed by atoms with Gasteiger partial charge in [0.1, 0.15) is 0 Å². The minimum Gasteiger partial charge on any atom is -0.354 e. The fourth-order valence-corrected chi connectivity index (χ4v) is 5.86. The average molecular weight is 549 g/mol. The van der Waals surface area contributed by atoms with Crippen molar-refractivity contribution in [1.29, 1.82) is 0 Å². The number of aromatic nitrogens is 5. The topological polar surface area (TPSA) is 90.3 Å². The Morgan fingerprint density at radius 3 is 2.42 bits per heavy atom. The number of nitrogens with zero attached hydrogens (tertiary/aromatic N) is 8. The Kier molecular flexibility index (Phi) is 10.2. The standard InChI is InChI=1S/C30H48N10/c1-4-38-17-19-39(20-18-38)22-25-14-13-24(21-32-25)34-28-27-29(40(23-33-27)26-11-7-8-12-26)36-30(35-28)31-15-9-5-6-10-16-37(2)3/h13-14,21,23,26H,4-12,15-20,22H2,1-3H3,(H2,31,34,35,36). The Morgan fingerprint density at radius 2 is 1.70 bits per heavy atom. The third-order valence-electron chi connectivity index (χ3n) is 8.34. The van der Waals surface area contributed by atoms with Gasteiger partial charge >= 0.3 is 0 Å². The third-order valence-corrected chi connectivity index (χ3v) is 8.34. The maximum absolute atomic E-state index is 4.94. The smallest absolute Gasteiger partial charge is 0.226 e. The van der Waals surface area contributed by atoms with Crippen LogP contribution in [0.1, 0.15) is 70.0 Å². The number of anilines is 3. The van der Waals surface area contributed by atoms with Crippen molar-refractivity contribution >= 4 is 28.6 Å². The van der Waals surface area contributed by atoms with E-state index in [0.29, 0.717) is 12.0 Å². The first kappa shape index (κ1) is 28.7. The van der Waals surface area contributed by atoms with Crippen molar-refractivity contribution in [2.75, 3.05) is 70.5 Å². The monoisotopic (exact) mass is 548 g/mol. The molecule has 2 aliphatic rings. The van der Waals surface area contributed by atoms with Gasteiger partial charge in [0.2, 0.25) is 5.95 Å². The molecule has 10 nitrogen and oxygen atoms in total. The van der Waals surface area contributed by atoms with Crippen LogP contribution in [0.25, 0.3) is 11.2 Å². The van der Waals surface area contributed by atoms with Crippen LogP contribution in [0.15, 0.2) is 24.7 Å². The number of nitrogens with one attached hydrogen (secondary N) is 2. The van der Waals surface area contributed by atoms with Gasteiger partial charge in [-0.3, -0.25) is 9.88 Å². The van der Waals surface area contributed by atoms with Gasteiger partial charge in [-0.2, -0.15) is 9.97 Å². The van der Waals surface area contributed by atoms with Crippen LogP contribution >= 0.6 is 0 Å². The molecule has 0 unspecified atom stereocenters. The Bertz CT molecular complexity index is 1180. The summed E-state index contributed by atoms with van der Waals surface area (Å²) < 4.78 is 2.27. The van der Waals surface area contributed by atoms with E-state index in [9.17, 15) is 0 Å². The van der Waals surface area contributed by atoms with E-state index in [0.717, 1.165) is 87.1 Å². The lowest BCUT2D eigenvalue weighted by Gasteiger charge is -2.33. The molecule has 1 aliphatic heterocycles. The van der Waals surface area contributed by atoms with Crippen LogP contribution in [0.4, 0.5) is 17.5 Å². The van der Waals surface area contributed by atoms with Gasteiger partial charge in [0.05, 0.1) is 23.9 Å². The van der Waals surface area contributed by atoms with E-state index in [1.807, 2.05) is 12.5 Å². The van der Waals surface area contributed by atoms with Gasteiger partial charge in [-0.05, 0) is 65.0 Å². The molecule has 3 aromatic heterocycles. The summed E-state index contributed by atoms with van der Waals surface area (Å²) >= 11 is 0. The van der Waals surface area contributed by atoms with Crippen LogP contribution in [0.5, 0.6) is 0 Å². The molecular weight excluding hydrogens is 500 g/mol. The molecule has 10 heteroatoms. The first-order valence-electron chi connectivity index (χ1n) is 15.4. The molecule has 1 saturated heterocycles. The second-order valence-electron chi connectivity index (χ2n) is 11.7. The highest BCUT2D eigenvalue weighted by molar-refractivity contribution is 5.86. The normalized spacial score (nSPS) is 17.3. The van der Waals surface area contributed by atoms with Crippen molar-refractivity contribution in [3.05, 3.63) is 30.4 Å². The second-order valence-corrected chi connectivity index (χ2v) is 11.7. The number of likely N-dealkylation sites (N-methyl/N-ethyl adjacent to an activating group) is 1. The van der Waals surface area contributed by atoms with Gasteiger partial charge in [-0.15, -0.1) is 0 Å². The number of imidazole rings is 1. The second kappa shape index (κ2) is 14.2. The predicted octanol–water partition coefficient (Wildman–Crippen LogP) is 4.75. The number of pyridine rings is 1. The fraction of sp³-hybridized carbons (Fsp3) is 0.667. The van der Waals surface area contributed by atoms with Crippen LogP contribution in [-0.2, 0) is 6.54 Å². The van der Waals surface area contributed by atoms with Crippen molar-refractivity contribution in [1.82, 2.24) is 39.2 Å². The lowest BCUT2D eigenvalue weighted by Crippen LogP contribution is -2.45. The van der Waals surface area contributed by atoms with E-state index in [2.05, 4.69) is 63.1 Å². The maximum Gasteiger partial charge on any atom is 0.226 e. The van der Waals surface area contributed by atoms with Crippen molar-refractivity contribution < 1.29 is 0 Å². The Balaban J connectivity index is 1.25. The highest BCUT2D eigenvalue weighted by atomic mass is 15.3. The van der Waals surface area contributed by atoms with Crippen LogP contribution in [0, 0.1) is 0 Å². The van der Waals surface area contributed by atoms with Crippen LogP contribution in [0.2, 0.25) is 0 Å². The molecule has 0 atom stereocenters. The Morgan fingerprint density at radius 1 is 0.925 bits per heavy atom. The van der Waals surface area contributed by atoms with E-state index in [1.54, 1.807) is 0 Å². The lowest BCUT2D eigenvalue weighted by molar-refractivity contribution is 0.131. The number of hydrogen-bond acceptors (Lipinski definition) is 9. The van der Waals surface area contributed by atoms with Gasteiger partial charge in [-0.1, -0.05) is 32.6 Å². The highest BCUT2D eigenvalue weighted by Gasteiger charge is 2.22. The molecule has 2 N–H and O–H groups in total. The molecule has 2 fully saturated rings. The molecule has 40 heavy (non-hydrogen) atoms. The molecule has 0 radical (unpaired) electrons. The maximum atomic E-state index is 4.94. The number of rotatable bonds is 14. The van der Waals surface area contributed by atoms with Crippen molar-refractivity contribution in [2.24, 2.45) is 0 Å². The molecule has 0 aromatic carbocycles. The van der Waals surface area contributed by atoms with Crippen LogP contribution < -0.4 is 10.6 Å². The Hall–Kier alpha value is -2.82. The number of unbranched alkanes of at least 4 members (excludes halogenated alkanes) is 3. The van der Waals surface area contributed by atoms with Gasteiger partial charge in [0.15, 0.2) is 17.0 Å². The van der Waals surface area contributed by atoms with Gasteiger partial charge < -0.3 is 25.0 Å². The molecule has 1 aliphatic carbocycles. The van der Waals surface area contributed by atoms with E-state index in [1.165, 1.54) is 44.9 Å². The summed E-state index contributed by atoms with van der Waals surface area (Å²) in [5, 5.41) is 7.00. The zero-order chi connectivity index (χ0) is 27.7. The highest BCUT2D eigenvalue weighted by Crippen LogP contribution is 2.33. The predicted molar refractivity (Wildman–Crippen MR) is 163 cm³/mol. The van der Waals surface area contributed by atoms with Gasteiger partial charge in [0.25, 0.3) is 0 Å². The molecule has 5 rings (SSSR count). The molecule has 3 aromatic rings. The SMILES string of the molecule is CCN1CCN(Cc2ccc(Nc3nc(NCCCCCCN(C)C)nc4c3ncn4C3CCCC3)cn2)CC1. The summed E-state index contributed by atoms with van der Waals surface area (Å²) in [6.45, 7) is 10.8. The number of fused-ring (bicyclic) bond motifs is 1. The third kappa shape index (κ3) is 7.67. The Labute approximate surface area is 239 Å². The largest absolute Gasteiger partial charge is 0.354 e. The van der Waals surface area contributed by atoms with E-state index in [4.69, 9.17) is 19.9 Å². The first-order chi connectivity index (χ1) is 19.6. The minimum atomic E-state index is 0.470. The summed E-state index contributed by atoms with van der Waals surface area (Å²) in [5.74, 6) is 1.40. The molecular formula is C30H48N10. The van der Waals surface area contributed by atoms with Crippen molar-refractivity contribution in [3.8, 4) is 0 Å². The van der Waals surface area contributed by atoms with Gasteiger partial charge in [-0.25, -0.2) is 4.98 Å².